The molecule has 1 aliphatic rings. The van der Waals surface area contributed by atoms with Gasteiger partial charge in [0.25, 0.3) is 5.78 Å². The third kappa shape index (κ3) is 6.01. The first-order chi connectivity index (χ1) is 20.9. The number of aliphatic hydroxyl groups is 1. The van der Waals surface area contributed by atoms with Crippen molar-refractivity contribution in [2.45, 2.75) is 40.2 Å². The number of amides is 1. The molecule has 1 unspecified atom stereocenters. The number of aromatic nitrogens is 1. The molecule has 1 aliphatic heterocycles. The lowest BCUT2D eigenvalue weighted by molar-refractivity contribution is -0.132. The minimum atomic E-state index is -0.974. The first-order valence-corrected chi connectivity index (χ1v) is 15.2. The maximum absolute atomic E-state index is 13.7. The predicted octanol–water partition coefficient (Wildman–Crippen LogP) is 6.91. The lowest BCUT2D eigenvalue weighted by atomic mass is 9.95. The van der Waals surface area contributed by atoms with Gasteiger partial charge in [-0.2, -0.15) is 0 Å². The van der Waals surface area contributed by atoms with Gasteiger partial charge in [-0.15, -0.1) is 0 Å². The normalized spacial score (nSPS) is 16.1. The third-order valence-electron chi connectivity index (χ3n) is 6.79. The number of benzene rings is 3. The third-order valence-corrected chi connectivity index (χ3v) is 7.81. The number of thiazole rings is 1. The Kier molecular flexibility index (Phi) is 9.16. The van der Waals surface area contributed by atoms with Gasteiger partial charge in [0.1, 0.15) is 17.3 Å². The van der Waals surface area contributed by atoms with Gasteiger partial charge in [-0.1, -0.05) is 24.3 Å². The number of ether oxygens (including phenoxy) is 4. The molecule has 1 aromatic heterocycles. The van der Waals surface area contributed by atoms with Crippen LogP contribution in [0.4, 0.5) is 5.13 Å². The Bertz CT molecular complexity index is 1660. The fourth-order valence-electron chi connectivity index (χ4n) is 4.92. The maximum Gasteiger partial charge on any atom is 0.301 e. The average molecular weight is 603 g/mol. The Morgan fingerprint density at radius 3 is 2.23 bits per heavy atom. The summed E-state index contributed by atoms with van der Waals surface area (Å²) < 4.78 is 23.8. The molecule has 43 heavy (non-hydrogen) atoms. The van der Waals surface area contributed by atoms with Crippen LogP contribution in [0.25, 0.3) is 16.0 Å². The maximum atomic E-state index is 13.7. The summed E-state index contributed by atoms with van der Waals surface area (Å²) in [6, 6.07) is 16.6. The van der Waals surface area contributed by atoms with Gasteiger partial charge in [-0.3, -0.25) is 14.5 Å². The van der Waals surface area contributed by atoms with Crippen molar-refractivity contribution in [3.63, 3.8) is 0 Å². The van der Waals surface area contributed by atoms with E-state index < -0.39 is 17.7 Å². The molecule has 3 aromatic carbocycles. The van der Waals surface area contributed by atoms with E-state index in [1.54, 1.807) is 42.5 Å². The van der Waals surface area contributed by atoms with Crippen molar-refractivity contribution in [2.24, 2.45) is 0 Å². The summed E-state index contributed by atoms with van der Waals surface area (Å²) in [5.74, 6) is 0.452. The van der Waals surface area contributed by atoms with Gasteiger partial charge >= 0.3 is 5.91 Å². The first-order valence-electron chi connectivity index (χ1n) is 14.4. The zero-order chi connectivity index (χ0) is 30.5. The largest absolute Gasteiger partial charge is 0.507 e. The Morgan fingerprint density at radius 1 is 0.837 bits per heavy atom. The number of fused-ring (bicyclic) bond motifs is 1. The molecular weight excluding hydrogens is 568 g/mol. The molecule has 0 bridgehead atoms. The van der Waals surface area contributed by atoms with Crippen LogP contribution in [0.1, 0.15) is 51.3 Å². The van der Waals surface area contributed by atoms with E-state index in [2.05, 4.69) is 0 Å². The fraction of sp³-hybridized carbons (Fsp3) is 0.303. The number of anilines is 1. The number of rotatable bonds is 12. The number of carbonyl (C=O) groups is 2. The molecule has 1 fully saturated rings. The summed E-state index contributed by atoms with van der Waals surface area (Å²) in [5.41, 5.74) is 1.56. The molecule has 5 rings (SSSR count). The number of ketones is 1. The van der Waals surface area contributed by atoms with Crippen LogP contribution < -0.4 is 23.8 Å². The molecule has 10 heteroatoms. The zero-order valence-electron chi connectivity index (χ0n) is 24.6. The second-order valence-electron chi connectivity index (χ2n) is 9.67. The summed E-state index contributed by atoms with van der Waals surface area (Å²) in [4.78, 5) is 33.5. The molecule has 1 N–H and O–H groups in total. The topological polar surface area (TPSA) is 107 Å². The lowest BCUT2D eigenvalue weighted by Gasteiger charge is -2.24. The van der Waals surface area contributed by atoms with E-state index in [1.807, 2.05) is 45.9 Å². The second kappa shape index (κ2) is 13.2. The molecule has 0 aliphatic carbocycles. The molecule has 9 nitrogen and oxygen atoms in total. The molecule has 2 heterocycles. The summed E-state index contributed by atoms with van der Waals surface area (Å²) in [6.07, 6.45) is 0.818. The van der Waals surface area contributed by atoms with E-state index >= 15 is 0 Å². The van der Waals surface area contributed by atoms with Crippen molar-refractivity contribution >= 4 is 44.1 Å². The van der Waals surface area contributed by atoms with E-state index in [0.717, 1.165) is 11.1 Å². The number of hydrogen-bond donors (Lipinski definition) is 1. The standard InChI is InChI=1S/C33H34N2O7S/c1-5-17-42-25-16-11-21(18-26(25)41-8-4)29-28(30(36)20-9-12-22(13-10-20)39-6-2)31(37)32(38)35(29)33-34-24-15-14-23(40-7-3)19-27(24)43-33/h9-16,18-19,29,36H,5-8,17H2,1-4H3. The van der Waals surface area contributed by atoms with Gasteiger partial charge in [-0.05, 0) is 87.4 Å². The fourth-order valence-corrected chi connectivity index (χ4v) is 5.94. The number of hydrogen-bond acceptors (Lipinski definition) is 9. The number of nitrogens with zero attached hydrogens (tertiary/aromatic N) is 2. The summed E-state index contributed by atoms with van der Waals surface area (Å²) in [7, 11) is 0. The summed E-state index contributed by atoms with van der Waals surface area (Å²) >= 11 is 1.27. The van der Waals surface area contributed by atoms with Crippen LogP contribution in [-0.2, 0) is 9.59 Å². The minimum absolute atomic E-state index is 0.0481. The molecule has 0 saturated carbocycles. The van der Waals surface area contributed by atoms with E-state index in [0.29, 0.717) is 71.2 Å². The molecular formula is C33H34N2O7S. The number of carbonyl (C=O) groups excluding carboxylic acids is 2. The highest BCUT2D eigenvalue weighted by atomic mass is 32.1. The van der Waals surface area contributed by atoms with Gasteiger partial charge in [0.05, 0.1) is 48.3 Å². The SMILES string of the molecule is CCCOc1ccc(C2C(=C(O)c3ccc(OCC)cc3)C(=O)C(=O)N2c2nc3ccc(OCC)cc3s2)cc1OCC. The molecule has 4 aromatic rings. The van der Waals surface area contributed by atoms with E-state index in [-0.39, 0.29) is 11.3 Å². The van der Waals surface area contributed by atoms with Gasteiger partial charge in [0.2, 0.25) is 0 Å². The number of Topliss-reactive ketones (excluding diaryl/α,β-unsaturated/α-hetero) is 1. The highest BCUT2D eigenvalue weighted by Gasteiger charge is 2.48. The summed E-state index contributed by atoms with van der Waals surface area (Å²) in [5, 5.41) is 11.9. The number of aliphatic hydroxyl groups excluding tert-OH is 1. The minimum Gasteiger partial charge on any atom is -0.507 e. The Labute approximate surface area is 254 Å². The van der Waals surface area contributed by atoms with Crippen LogP contribution in [0, 0.1) is 0 Å². The second-order valence-corrected chi connectivity index (χ2v) is 10.7. The quantitative estimate of drug-likeness (QED) is 0.106. The van der Waals surface area contributed by atoms with Crippen molar-refractivity contribution in [2.75, 3.05) is 31.3 Å². The van der Waals surface area contributed by atoms with Crippen LogP contribution in [0.3, 0.4) is 0 Å². The van der Waals surface area contributed by atoms with Crippen molar-refractivity contribution in [1.82, 2.24) is 4.98 Å². The van der Waals surface area contributed by atoms with Crippen molar-refractivity contribution in [3.8, 4) is 23.0 Å². The first kappa shape index (κ1) is 29.9. The lowest BCUT2D eigenvalue weighted by Crippen LogP contribution is -2.29. The highest BCUT2D eigenvalue weighted by molar-refractivity contribution is 7.22. The van der Waals surface area contributed by atoms with E-state index in [4.69, 9.17) is 23.9 Å². The Balaban J connectivity index is 1.68. The summed E-state index contributed by atoms with van der Waals surface area (Å²) in [6.45, 7) is 9.56. The molecule has 1 amide bonds. The predicted molar refractivity (Wildman–Crippen MR) is 167 cm³/mol. The molecule has 224 valence electrons. The smallest absolute Gasteiger partial charge is 0.301 e. The van der Waals surface area contributed by atoms with Gasteiger partial charge in [0.15, 0.2) is 16.6 Å². The van der Waals surface area contributed by atoms with Crippen molar-refractivity contribution < 1.29 is 33.6 Å². The van der Waals surface area contributed by atoms with Gasteiger partial charge in [0, 0.05) is 5.56 Å². The monoisotopic (exact) mass is 602 g/mol. The van der Waals surface area contributed by atoms with E-state index in [9.17, 15) is 14.7 Å². The molecule has 0 radical (unpaired) electrons. The Morgan fingerprint density at radius 2 is 1.53 bits per heavy atom. The van der Waals surface area contributed by atoms with E-state index in [1.165, 1.54) is 16.2 Å². The highest BCUT2D eigenvalue weighted by Crippen LogP contribution is 2.46. The Hall–Kier alpha value is -4.57. The van der Waals surface area contributed by atoms with Crippen molar-refractivity contribution in [3.05, 3.63) is 77.4 Å². The van der Waals surface area contributed by atoms with Crippen molar-refractivity contribution in [1.29, 1.82) is 0 Å². The molecule has 1 saturated heterocycles. The van der Waals surface area contributed by atoms with Crippen LogP contribution in [0.5, 0.6) is 23.0 Å². The van der Waals surface area contributed by atoms with Gasteiger partial charge in [-0.25, -0.2) is 4.98 Å². The van der Waals surface area contributed by atoms with Gasteiger partial charge < -0.3 is 24.1 Å². The molecule has 1 atom stereocenters. The molecule has 0 spiro atoms. The van der Waals surface area contributed by atoms with Crippen LogP contribution >= 0.6 is 11.3 Å². The zero-order valence-corrected chi connectivity index (χ0v) is 25.4. The van der Waals surface area contributed by atoms with Crippen LogP contribution in [0.2, 0.25) is 0 Å². The van der Waals surface area contributed by atoms with Crippen LogP contribution in [-0.4, -0.2) is 48.2 Å². The van der Waals surface area contributed by atoms with Crippen LogP contribution in [0.15, 0.2) is 66.2 Å². The average Bonchev–Trinajstić information content (AvgIpc) is 3.54.